The predicted molar refractivity (Wildman–Crippen MR) is 85.2 cm³/mol. The Morgan fingerprint density at radius 1 is 0.750 bits per heavy atom. The largest absolute Gasteiger partial charge is 0.378 e. The average Bonchev–Trinajstić information content (AvgIpc) is 2.46. The third-order valence-corrected chi connectivity index (χ3v) is 3.66. The van der Waals surface area contributed by atoms with Gasteiger partial charge < -0.3 is 14.2 Å². The minimum atomic E-state index is 0.0784. The molecule has 0 saturated heterocycles. The van der Waals surface area contributed by atoms with Gasteiger partial charge in [-0.1, -0.05) is 53.9 Å². The summed E-state index contributed by atoms with van der Waals surface area (Å²) in [7, 11) is 0. The zero-order chi connectivity index (χ0) is 15.2. The summed E-state index contributed by atoms with van der Waals surface area (Å²) in [6.45, 7) is 14.7. The van der Waals surface area contributed by atoms with E-state index in [1.165, 1.54) is 0 Å². The van der Waals surface area contributed by atoms with Gasteiger partial charge in [0.2, 0.25) is 0 Å². The molecule has 3 nitrogen and oxygen atoms in total. The first-order chi connectivity index (χ1) is 9.63. The number of hydrogen-bond donors (Lipinski definition) is 0. The molecule has 0 heterocycles. The van der Waals surface area contributed by atoms with E-state index >= 15 is 0 Å². The molecule has 0 amide bonds. The summed E-state index contributed by atoms with van der Waals surface area (Å²) in [5, 5.41) is 0. The van der Waals surface area contributed by atoms with E-state index in [9.17, 15) is 0 Å². The second kappa shape index (κ2) is 13.8. The Kier molecular flexibility index (Phi) is 13.8. The first kappa shape index (κ1) is 19.9. The highest BCUT2D eigenvalue weighted by Crippen LogP contribution is 2.06. The molecule has 0 aliphatic rings. The Morgan fingerprint density at radius 2 is 1.25 bits per heavy atom. The highest BCUT2D eigenvalue weighted by Gasteiger charge is 2.11. The standard InChI is InChI=1S/C17H36O3/c1-6-9-10-20-17(13-18-11-15(4)7-2)14-19-12-16(5)8-3/h15-17H,6-14H2,1-5H3. The first-order valence-electron chi connectivity index (χ1n) is 8.40. The predicted octanol–water partition coefficient (Wildman–Crippen LogP) is 4.30. The summed E-state index contributed by atoms with van der Waals surface area (Å²) in [6, 6.07) is 0. The van der Waals surface area contributed by atoms with Crippen LogP contribution in [0.15, 0.2) is 0 Å². The molecule has 0 radical (unpaired) electrons. The molecule has 0 spiro atoms. The van der Waals surface area contributed by atoms with Gasteiger partial charge in [-0.15, -0.1) is 0 Å². The monoisotopic (exact) mass is 288 g/mol. The van der Waals surface area contributed by atoms with Crippen molar-refractivity contribution in [3.05, 3.63) is 0 Å². The van der Waals surface area contributed by atoms with E-state index in [2.05, 4.69) is 34.6 Å². The van der Waals surface area contributed by atoms with Crippen molar-refractivity contribution in [2.45, 2.75) is 66.4 Å². The summed E-state index contributed by atoms with van der Waals surface area (Å²) >= 11 is 0. The van der Waals surface area contributed by atoms with Gasteiger partial charge in [0.25, 0.3) is 0 Å². The van der Waals surface area contributed by atoms with Crippen molar-refractivity contribution in [1.29, 1.82) is 0 Å². The molecule has 0 bridgehead atoms. The molecule has 0 aromatic heterocycles. The van der Waals surface area contributed by atoms with Gasteiger partial charge in [-0.2, -0.15) is 0 Å². The van der Waals surface area contributed by atoms with Crippen molar-refractivity contribution < 1.29 is 14.2 Å². The van der Waals surface area contributed by atoms with Crippen molar-refractivity contribution >= 4 is 0 Å². The van der Waals surface area contributed by atoms with Crippen LogP contribution in [0.3, 0.4) is 0 Å². The number of hydrogen-bond acceptors (Lipinski definition) is 3. The third-order valence-electron chi connectivity index (χ3n) is 3.66. The Bertz CT molecular complexity index is 181. The van der Waals surface area contributed by atoms with Crippen LogP contribution in [0.25, 0.3) is 0 Å². The Hall–Kier alpha value is -0.120. The summed E-state index contributed by atoms with van der Waals surface area (Å²) in [5.74, 6) is 1.24. The van der Waals surface area contributed by atoms with E-state index in [1.54, 1.807) is 0 Å². The first-order valence-corrected chi connectivity index (χ1v) is 8.40. The zero-order valence-electron chi connectivity index (χ0n) is 14.3. The molecule has 20 heavy (non-hydrogen) atoms. The van der Waals surface area contributed by atoms with Gasteiger partial charge in [-0.25, -0.2) is 0 Å². The van der Waals surface area contributed by atoms with Crippen LogP contribution in [-0.4, -0.2) is 39.1 Å². The third kappa shape index (κ3) is 11.7. The van der Waals surface area contributed by atoms with E-state index in [4.69, 9.17) is 14.2 Å². The van der Waals surface area contributed by atoms with Gasteiger partial charge in [-0.05, 0) is 18.3 Å². The lowest BCUT2D eigenvalue weighted by atomic mass is 10.1. The number of unbranched alkanes of at least 4 members (excludes halogenated alkanes) is 1. The molecule has 0 N–H and O–H groups in total. The summed E-state index contributed by atoms with van der Waals surface area (Å²) in [4.78, 5) is 0. The van der Waals surface area contributed by atoms with Crippen molar-refractivity contribution in [1.82, 2.24) is 0 Å². The lowest BCUT2D eigenvalue weighted by molar-refractivity contribution is -0.0684. The maximum absolute atomic E-state index is 5.86. The van der Waals surface area contributed by atoms with Gasteiger partial charge in [0.15, 0.2) is 0 Å². The lowest BCUT2D eigenvalue weighted by Gasteiger charge is -2.20. The van der Waals surface area contributed by atoms with Crippen LogP contribution in [0.2, 0.25) is 0 Å². The van der Waals surface area contributed by atoms with Gasteiger partial charge >= 0.3 is 0 Å². The van der Waals surface area contributed by atoms with E-state index in [1.807, 2.05) is 0 Å². The normalized spacial score (nSPS) is 16.1. The smallest absolute Gasteiger partial charge is 0.104 e. The topological polar surface area (TPSA) is 27.7 Å². The van der Waals surface area contributed by atoms with E-state index in [0.29, 0.717) is 25.0 Å². The van der Waals surface area contributed by atoms with Crippen molar-refractivity contribution in [3.63, 3.8) is 0 Å². The summed E-state index contributed by atoms with van der Waals surface area (Å²) in [6.07, 6.45) is 4.66. The summed E-state index contributed by atoms with van der Waals surface area (Å²) < 4.78 is 17.4. The van der Waals surface area contributed by atoms with Crippen LogP contribution < -0.4 is 0 Å². The van der Waals surface area contributed by atoms with Crippen molar-refractivity contribution in [2.75, 3.05) is 33.0 Å². The van der Waals surface area contributed by atoms with Gasteiger partial charge in [-0.3, -0.25) is 0 Å². The Balaban J connectivity index is 3.87. The molecule has 0 fully saturated rings. The highest BCUT2D eigenvalue weighted by molar-refractivity contribution is 4.58. The fourth-order valence-corrected chi connectivity index (χ4v) is 1.58. The van der Waals surface area contributed by atoms with Gasteiger partial charge in [0, 0.05) is 19.8 Å². The second-order valence-electron chi connectivity index (χ2n) is 5.95. The maximum Gasteiger partial charge on any atom is 0.104 e. The van der Waals surface area contributed by atoms with E-state index < -0.39 is 0 Å². The second-order valence-corrected chi connectivity index (χ2v) is 5.95. The van der Waals surface area contributed by atoms with E-state index in [-0.39, 0.29) is 6.10 Å². The zero-order valence-corrected chi connectivity index (χ0v) is 14.3. The van der Waals surface area contributed by atoms with E-state index in [0.717, 1.165) is 45.5 Å². The van der Waals surface area contributed by atoms with Crippen LogP contribution >= 0.6 is 0 Å². The molecule has 0 rings (SSSR count). The van der Waals surface area contributed by atoms with Crippen molar-refractivity contribution in [2.24, 2.45) is 11.8 Å². The van der Waals surface area contributed by atoms with Gasteiger partial charge in [0.05, 0.1) is 13.2 Å². The maximum atomic E-state index is 5.86. The fraction of sp³-hybridized carbons (Fsp3) is 1.00. The van der Waals surface area contributed by atoms with Crippen LogP contribution in [-0.2, 0) is 14.2 Å². The number of rotatable bonds is 14. The molecule has 3 heteroatoms. The fourth-order valence-electron chi connectivity index (χ4n) is 1.58. The lowest BCUT2D eigenvalue weighted by Crippen LogP contribution is -2.28. The SMILES string of the molecule is CCCCOC(COCC(C)CC)COCC(C)CC. The quantitative estimate of drug-likeness (QED) is 0.446. The van der Waals surface area contributed by atoms with Crippen LogP contribution in [0, 0.1) is 11.8 Å². The Labute approximate surface area is 126 Å². The van der Waals surface area contributed by atoms with Crippen LogP contribution in [0.1, 0.15) is 60.3 Å². The molecular weight excluding hydrogens is 252 g/mol. The van der Waals surface area contributed by atoms with Crippen LogP contribution in [0.5, 0.6) is 0 Å². The molecule has 2 atom stereocenters. The molecule has 0 saturated carbocycles. The van der Waals surface area contributed by atoms with Gasteiger partial charge in [0.1, 0.15) is 6.10 Å². The minimum Gasteiger partial charge on any atom is -0.378 e. The average molecular weight is 288 g/mol. The molecule has 0 aromatic carbocycles. The number of ether oxygens (including phenoxy) is 3. The molecular formula is C17H36O3. The van der Waals surface area contributed by atoms with Crippen molar-refractivity contribution in [3.8, 4) is 0 Å². The summed E-state index contributed by atoms with van der Waals surface area (Å²) in [5.41, 5.74) is 0. The van der Waals surface area contributed by atoms with Crippen LogP contribution in [0.4, 0.5) is 0 Å². The highest BCUT2D eigenvalue weighted by atomic mass is 16.6. The molecule has 0 aromatic rings. The molecule has 2 unspecified atom stereocenters. The minimum absolute atomic E-state index is 0.0784. The molecule has 122 valence electrons. The molecule has 0 aliphatic carbocycles. The molecule has 0 aliphatic heterocycles. The Morgan fingerprint density at radius 3 is 1.65 bits per heavy atom.